The molecule has 2 aromatic carbocycles. The molecule has 0 saturated heterocycles. The molecular formula is C15H9ClF3NO. The summed E-state index contributed by atoms with van der Waals surface area (Å²) in [4.78, 5) is 0. The third-order valence-corrected chi connectivity index (χ3v) is 3.03. The molecule has 0 unspecified atom stereocenters. The highest BCUT2D eigenvalue weighted by Gasteiger charge is 2.31. The average molecular weight is 312 g/mol. The predicted octanol–water partition coefficient (Wildman–Crippen LogP) is 5.33. The Morgan fingerprint density at radius 2 is 1.76 bits per heavy atom. The van der Waals surface area contributed by atoms with E-state index in [-0.39, 0.29) is 17.1 Å². The Kier molecular flexibility index (Phi) is 4.10. The van der Waals surface area contributed by atoms with E-state index in [4.69, 9.17) is 21.6 Å². The second-order valence-electron chi connectivity index (χ2n) is 4.36. The lowest BCUT2D eigenvalue weighted by molar-refractivity contribution is -0.137. The fourth-order valence-electron chi connectivity index (χ4n) is 1.69. The van der Waals surface area contributed by atoms with Crippen LogP contribution in [0.25, 0.3) is 0 Å². The molecule has 0 atom stereocenters. The van der Waals surface area contributed by atoms with Crippen molar-refractivity contribution in [2.24, 2.45) is 0 Å². The van der Waals surface area contributed by atoms with Gasteiger partial charge in [0.05, 0.1) is 16.1 Å². The molecule has 0 N–H and O–H groups in total. The number of nitriles is 1. The number of hydrogen-bond acceptors (Lipinski definition) is 2. The van der Waals surface area contributed by atoms with Crippen molar-refractivity contribution in [2.75, 3.05) is 0 Å². The van der Waals surface area contributed by atoms with Crippen molar-refractivity contribution in [3.05, 3.63) is 58.1 Å². The fourth-order valence-corrected chi connectivity index (χ4v) is 1.96. The molecule has 0 amide bonds. The van der Waals surface area contributed by atoms with Crippen LogP contribution in [0.1, 0.15) is 16.7 Å². The van der Waals surface area contributed by atoms with Gasteiger partial charge in [0.15, 0.2) is 0 Å². The molecule has 2 rings (SSSR count). The van der Waals surface area contributed by atoms with Crippen LogP contribution in [0.15, 0.2) is 36.4 Å². The summed E-state index contributed by atoms with van der Waals surface area (Å²) < 4.78 is 43.2. The van der Waals surface area contributed by atoms with Gasteiger partial charge in [0.2, 0.25) is 0 Å². The number of aryl methyl sites for hydroxylation is 1. The number of alkyl halides is 3. The van der Waals surface area contributed by atoms with E-state index in [1.807, 2.05) is 6.92 Å². The molecule has 0 bridgehead atoms. The highest BCUT2D eigenvalue weighted by atomic mass is 35.5. The van der Waals surface area contributed by atoms with Crippen molar-refractivity contribution in [3.8, 4) is 17.6 Å². The van der Waals surface area contributed by atoms with Crippen LogP contribution in [-0.2, 0) is 6.18 Å². The van der Waals surface area contributed by atoms with Crippen LogP contribution in [-0.4, -0.2) is 0 Å². The molecule has 21 heavy (non-hydrogen) atoms. The number of nitrogens with zero attached hydrogens (tertiary/aromatic N) is 1. The van der Waals surface area contributed by atoms with Gasteiger partial charge in [-0.2, -0.15) is 18.4 Å². The fraction of sp³-hybridized carbons (Fsp3) is 0.133. The van der Waals surface area contributed by atoms with Crippen LogP contribution in [0.4, 0.5) is 13.2 Å². The number of hydrogen-bond donors (Lipinski definition) is 0. The standard InChI is InChI=1S/C15H9ClF3NO/c1-9-2-4-14(12(16)6-9)21-13-5-3-11(15(17,18)19)7-10(13)8-20/h2-7H,1H3. The van der Waals surface area contributed by atoms with E-state index < -0.39 is 11.7 Å². The van der Waals surface area contributed by atoms with E-state index in [1.165, 1.54) is 0 Å². The largest absolute Gasteiger partial charge is 0.454 e. The smallest absolute Gasteiger partial charge is 0.416 e. The number of halogens is 4. The second kappa shape index (κ2) is 5.66. The summed E-state index contributed by atoms with van der Waals surface area (Å²) in [5.74, 6) is 0.301. The van der Waals surface area contributed by atoms with Gasteiger partial charge in [-0.1, -0.05) is 17.7 Å². The van der Waals surface area contributed by atoms with Crippen LogP contribution in [0, 0.1) is 18.3 Å². The first-order valence-corrected chi connectivity index (χ1v) is 6.24. The third-order valence-electron chi connectivity index (χ3n) is 2.73. The lowest BCUT2D eigenvalue weighted by Gasteiger charge is -2.12. The minimum absolute atomic E-state index is 0.0243. The van der Waals surface area contributed by atoms with Gasteiger partial charge < -0.3 is 4.74 Å². The SMILES string of the molecule is Cc1ccc(Oc2ccc(C(F)(F)F)cc2C#N)c(Cl)c1. The molecule has 0 aliphatic heterocycles. The van der Waals surface area contributed by atoms with Gasteiger partial charge in [-0.3, -0.25) is 0 Å². The van der Waals surface area contributed by atoms with Crippen molar-refractivity contribution in [1.29, 1.82) is 5.26 Å². The lowest BCUT2D eigenvalue weighted by atomic mass is 10.1. The van der Waals surface area contributed by atoms with E-state index in [0.717, 1.165) is 23.8 Å². The number of benzene rings is 2. The molecular weight excluding hydrogens is 303 g/mol. The maximum absolute atomic E-state index is 12.6. The van der Waals surface area contributed by atoms with Crippen molar-refractivity contribution in [3.63, 3.8) is 0 Å². The topological polar surface area (TPSA) is 33.0 Å². The highest BCUT2D eigenvalue weighted by molar-refractivity contribution is 6.32. The summed E-state index contributed by atoms with van der Waals surface area (Å²) in [6.45, 7) is 1.84. The zero-order chi connectivity index (χ0) is 15.6. The number of ether oxygens (including phenoxy) is 1. The van der Waals surface area contributed by atoms with Gasteiger partial charge in [-0.05, 0) is 42.8 Å². The molecule has 6 heteroatoms. The van der Waals surface area contributed by atoms with Crippen molar-refractivity contribution < 1.29 is 17.9 Å². The van der Waals surface area contributed by atoms with Gasteiger partial charge in [-0.25, -0.2) is 0 Å². The number of rotatable bonds is 2. The van der Waals surface area contributed by atoms with Crippen LogP contribution < -0.4 is 4.74 Å². The summed E-state index contributed by atoms with van der Waals surface area (Å²) in [6, 6.07) is 9.41. The Labute approximate surface area is 124 Å². The van der Waals surface area contributed by atoms with Crippen LogP contribution in [0.5, 0.6) is 11.5 Å². The predicted molar refractivity (Wildman–Crippen MR) is 72.4 cm³/mol. The minimum atomic E-state index is -4.51. The molecule has 2 aromatic rings. The van der Waals surface area contributed by atoms with Crippen molar-refractivity contribution in [1.82, 2.24) is 0 Å². The Morgan fingerprint density at radius 3 is 2.33 bits per heavy atom. The van der Waals surface area contributed by atoms with Crippen molar-refractivity contribution in [2.45, 2.75) is 13.1 Å². The monoisotopic (exact) mass is 311 g/mol. The summed E-state index contributed by atoms with van der Waals surface area (Å²) >= 11 is 5.99. The first kappa shape index (κ1) is 15.2. The Morgan fingerprint density at radius 1 is 1.10 bits per heavy atom. The Balaban J connectivity index is 2.39. The van der Waals surface area contributed by atoms with E-state index in [1.54, 1.807) is 24.3 Å². The molecule has 0 aliphatic rings. The summed E-state index contributed by atoms with van der Waals surface area (Å²) in [6.07, 6.45) is -4.51. The first-order chi connectivity index (χ1) is 9.81. The molecule has 0 heterocycles. The molecule has 0 fully saturated rings. The Hall–Kier alpha value is -2.19. The van der Waals surface area contributed by atoms with E-state index in [2.05, 4.69) is 0 Å². The molecule has 0 radical (unpaired) electrons. The first-order valence-electron chi connectivity index (χ1n) is 5.86. The molecule has 108 valence electrons. The van der Waals surface area contributed by atoms with Crippen LogP contribution in [0.3, 0.4) is 0 Å². The quantitative estimate of drug-likeness (QED) is 0.751. The van der Waals surface area contributed by atoms with E-state index in [9.17, 15) is 13.2 Å². The normalized spacial score (nSPS) is 11.0. The summed E-state index contributed by atoms with van der Waals surface area (Å²) in [5, 5.41) is 9.29. The van der Waals surface area contributed by atoms with Crippen molar-refractivity contribution >= 4 is 11.6 Å². The van der Waals surface area contributed by atoms with Gasteiger partial charge >= 0.3 is 6.18 Å². The molecule has 0 spiro atoms. The maximum Gasteiger partial charge on any atom is 0.416 e. The molecule has 2 nitrogen and oxygen atoms in total. The highest BCUT2D eigenvalue weighted by Crippen LogP contribution is 2.35. The van der Waals surface area contributed by atoms with E-state index >= 15 is 0 Å². The van der Waals surface area contributed by atoms with Gasteiger partial charge in [0.25, 0.3) is 0 Å². The minimum Gasteiger partial charge on any atom is -0.454 e. The van der Waals surface area contributed by atoms with Gasteiger partial charge in [-0.15, -0.1) is 0 Å². The zero-order valence-corrected chi connectivity index (χ0v) is 11.6. The van der Waals surface area contributed by atoms with E-state index in [0.29, 0.717) is 5.02 Å². The maximum atomic E-state index is 12.6. The molecule has 0 aromatic heterocycles. The second-order valence-corrected chi connectivity index (χ2v) is 4.76. The zero-order valence-electron chi connectivity index (χ0n) is 10.8. The van der Waals surface area contributed by atoms with Gasteiger partial charge in [0, 0.05) is 0 Å². The average Bonchev–Trinajstić information content (AvgIpc) is 2.41. The summed E-state index contributed by atoms with van der Waals surface area (Å²) in [5.41, 5.74) is -0.192. The van der Waals surface area contributed by atoms with Gasteiger partial charge in [0.1, 0.15) is 17.6 Å². The van der Waals surface area contributed by atoms with Crippen LogP contribution in [0.2, 0.25) is 5.02 Å². The summed E-state index contributed by atoms with van der Waals surface area (Å²) in [7, 11) is 0. The third kappa shape index (κ3) is 3.47. The van der Waals surface area contributed by atoms with Crippen LogP contribution >= 0.6 is 11.6 Å². The molecule has 0 saturated carbocycles. The lowest BCUT2D eigenvalue weighted by Crippen LogP contribution is -2.05. The Bertz CT molecular complexity index is 720. The molecule has 0 aliphatic carbocycles.